The van der Waals surface area contributed by atoms with Crippen molar-refractivity contribution in [1.82, 2.24) is 15.1 Å². The molecule has 0 aliphatic rings. The minimum Gasteiger partial charge on any atom is -0.305 e. The van der Waals surface area contributed by atoms with Crippen LogP contribution in [0.25, 0.3) is 0 Å². The van der Waals surface area contributed by atoms with Gasteiger partial charge in [-0.15, -0.1) is 0 Å². The Morgan fingerprint density at radius 3 is 2.79 bits per heavy atom. The molecule has 0 fully saturated rings. The van der Waals surface area contributed by atoms with Gasteiger partial charge in [-0.3, -0.25) is 4.68 Å². The van der Waals surface area contributed by atoms with Crippen molar-refractivity contribution in [3.05, 3.63) is 52.0 Å². The summed E-state index contributed by atoms with van der Waals surface area (Å²) < 4.78 is 15.8. The lowest BCUT2D eigenvalue weighted by atomic mass is 10.0. The summed E-state index contributed by atoms with van der Waals surface area (Å²) in [7, 11) is 1.91. The van der Waals surface area contributed by atoms with E-state index in [1.54, 1.807) is 12.3 Å². The third-order valence-corrected chi connectivity index (χ3v) is 3.71. The number of aromatic nitrogens is 2. The molecule has 5 heteroatoms. The predicted molar refractivity (Wildman–Crippen MR) is 77.4 cm³/mol. The Morgan fingerprint density at radius 1 is 1.42 bits per heavy atom. The summed E-state index contributed by atoms with van der Waals surface area (Å²) >= 11 is 3.44. The maximum atomic E-state index is 13.2. The largest absolute Gasteiger partial charge is 0.305 e. The number of halogens is 2. The summed E-state index contributed by atoms with van der Waals surface area (Å²) in [6, 6.07) is 6.76. The summed E-state index contributed by atoms with van der Waals surface area (Å²) in [5, 5.41) is 7.68. The summed E-state index contributed by atoms with van der Waals surface area (Å²) in [6.45, 7) is 3.01. The molecule has 19 heavy (non-hydrogen) atoms. The van der Waals surface area contributed by atoms with Crippen molar-refractivity contribution in [2.75, 3.05) is 6.54 Å². The van der Waals surface area contributed by atoms with Crippen molar-refractivity contribution < 1.29 is 4.39 Å². The topological polar surface area (TPSA) is 29.9 Å². The van der Waals surface area contributed by atoms with Crippen LogP contribution in [-0.4, -0.2) is 16.3 Å². The monoisotopic (exact) mass is 325 g/mol. The maximum absolute atomic E-state index is 13.2. The van der Waals surface area contributed by atoms with Gasteiger partial charge in [-0.2, -0.15) is 5.10 Å². The van der Waals surface area contributed by atoms with Crippen molar-refractivity contribution in [2.45, 2.75) is 19.4 Å². The van der Waals surface area contributed by atoms with Crippen molar-refractivity contribution in [2.24, 2.45) is 7.05 Å². The second-order valence-corrected chi connectivity index (χ2v) is 5.29. The SMILES string of the molecule is CCCNC(c1ccc(F)cc1Br)c1ccnn1C. The quantitative estimate of drug-likeness (QED) is 0.912. The van der Waals surface area contributed by atoms with E-state index in [0.29, 0.717) is 0 Å². The summed E-state index contributed by atoms with van der Waals surface area (Å²) in [6.07, 6.45) is 2.81. The fourth-order valence-corrected chi connectivity index (χ4v) is 2.65. The Labute approximate surface area is 121 Å². The van der Waals surface area contributed by atoms with Gasteiger partial charge in [-0.25, -0.2) is 4.39 Å². The van der Waals surface area contributed by atoms with Crippen LogP contribution in [0.2, 0.25) is 0 Å². The van der Waals surface area contributed by atoms with Gasteiger partial charge >= 0.3 is 0 Å². The molecular formula is C14H17BrFN3. The fraction of sp³-hybridized carbons (Fsp3) is 0.357. The van der Waals surface area contributed by atoms with Crippen molar-refractivity contribution >= 4 is 15.9 Å². The summed E-state index contributed by atoms with van der Waals surface area (Å²) in [5.41, 5.74) is 2.07. The normalized spacial score (nSPS) is 12.6. The minimum atomic E-state index is -0.241. The Balaban J connectivity index is 2.40. The Kier molecular flexibility index (Phi) is 4.71. The molecule has 0 aliphatic carbocycles. The van der Waals surface area contributed by atoms with Crippen LogP contribution < -0.4 is 5.32 Å². The molecule has 102 valence electrons. The number of hydrogen-bond donors (Lipinski definition) is 1. The number of nitrogens with zero attached hydrogens (tertiary/aromatic N) is 2. The Hall–Kier alpha value is -1.20. The lowest BCUT2D eigenvalue weighted by Crippen LogP contribution is -2.25. The van der Waals surface area contributed by atoms with E-state index in [1.165, 1.54) is 12.1 Å². The first-order valence-corrected chi connectivity index (χ1v) is 7.09. The van der Waals surface area contributed by atoms with E-state index in [9.17, 15) is 4.39 Å². The van der Waals surface area contributed by atoms with Gasteiger partial charge in [0.15, 0.2) is 0 Å². The van der Waals surface area contributed by atoms with E-state index in [1.807, 2.05) is 17.8 Å². The van der Waals surface area contributed by atoms with Crippen LogP contribution in [0.3, 0.4) is 0 Å². The number of benzene rings is 1. The molecule has 0 saturated heterocycles. The molecule has 0 spiro atoms. The van der Waals surface area contributed by atoms with Crippen LogP contribution in [0.4, 0.5) is 4.39 Å². The molecule has 2 rings (SSSR count). The van der Waals surface area contributed by atoms with E-state index < -0.39 is 0 Å². The van der Waals surface area contributed by atoms with Crippen LogP contribution in [-0.2, 0) is 7.05 Å². The van der Waals surface area contributed by atoms with Gasteiger partial charge in [0, 0.05) is 17.7 Å². The summed E-state index contributed by atoms with van der Waals surface area (Å²) in [4.78, 5) is 0. The molecular weight excluding hydrogens is 309 g/mol. The molecule has 0 saturated carbocycles. The number of nitrogens with one attached hydrogen (secondary N) is 1. The first-order valence-electron chi connectivity index (χ1n) is 6.29. The van der Waals surface area contributed by atoms with Gasteiger partial charge in [-0.05, 0) is 36.7 Å². The highest BCUT2D eigenvalue weighted by Crippen LogP contribution is 2.29. The first-order chi connectivity index (χ1) is 9.13. The molecule has 1 N–H and O–H groups in total. The van der Waals surface area contributed by atoms with Crippen molar-refractivity contribution in [3.63, 3.8) is 0 Å². The molecule has 0 bridgehead atoms. The molecule has 1 aromatic carbocycles. The van der Waals surface area contributed by atoms with Crippen molar-refractivity contribution in [1.29, 1.82) is 0 Å². The van der Waals surface area contributed by atoms with E-state index in [4.69, 9.17) is 0 Å². The lowest BCUT2D eigenvalue weighted by Gasteiger charge is -2.20. The van der Waals surface area contributed by atoms with Crippen molar-refractivity contribution in [3.8, 4) is 0 Å². The van der Waals surface area contributed by atoms with Gasteiger partial charge in [0.25, 0.3) is 0 Å². The average Bonchev–Trinajstić information content (AvgIpc) is 2.78. The standard InChI is InChI=1S/C14H17BrFN3/c1-3-7-17-14(13-6-8-18-19(13)2)11-5-4-10(16)9-12(11)15/h4-6,8-9,14,17H,3,7H2,1-2H3. The molecule has 3 nitrogen and oxygen atoms in total. The van der Waals surface area contributed by atoms with Gasteiger partial charge in [0.1, 0.15) is 5.82 Å². The zero-order valence-electron chi connectivity index (χ0n) is 11.0. The van der Waals surface area contributed by atoms with Gasteiger partial charge in [-0.1, -0.05) is 28.9 Å². The molecule has 1 heterocycles. The number of aryl methyl sites for hydroxylation is 1. The molecule has 0 aliphatic heterocycles. The van der Waals surface area contributed by atoms with Crippen LogP contribution in [0, 0.1) is 5.82 Å². The van der Waals surface area contributed by atoms with E-state index in [2.05, 4.69) is 33.3 Å². The fourth-order valence-electron chi connectivity index (χ4n) is 2.07. The molecule has 1 atom stereocenters. The van der Waals surface area contributed by atoms with E-state index in [0.717, 1.165) is 28.7 Å². The second kappa shape index (κ2) is 6.30. The molecule has 0 amide bonds. The zero-order chi connectivity index (χ0) is 13.8. The number of rotatable bonds is 5. The molecule has 2 aromatic rings. The van der Waals surface area contributed by atoms with E-state index in [-0.39, 0.29) is 11.9 Å². The highest BCUT2D eigenvalue weighted by molar-refractivity contribution is 9.10. The average molecular weight is 326 g/mol. The van der Waals surface area contributed by atoms with E-state index >= 15 is 0 Å². The van der Waals surface area contributed by atoms with Crippen LogP contribution in [0.15, 0.2) is 34.9 Å². The summed E-state index contributed by atoms with van der Waals surface area (Å²) in [5.74, 6) is -0.241. The third-order valence-electron chi connectivity index (χ3n) is 3.03. The molecule has 1 unspecified atom stereocenters. The molecule has 0 radical (unpaired) electrons. The Bertz CT molecular complexity index is 553. The molecule has 1 aromatic heterocycles. The smallest absolute Gasteiger partial charge is 0.124 e. The highest BCUT2D eigenvalue weighted by atomic mass is 79.9. The first kappa shape index (κ1) is 14.2. The highest BCUT2D eigenvalue weighted by Gasteiger charge is 2.19. The van der Waals surface area contributed by atoms with Crippen LogP contribution >= 0.6 is 15.9 Å². The third kappa shape index (κ3) is 3.22. The van der Waals surface area contributed by atoms with Gasteiger partial charge in [0.05, 0.1) is 11.7 Å². The maximum Gasteiger partial charge on any atom is 0.124 e. The van der Waals surface area contributed by atoms with Gasteiger partial charge < -0.3 is 5.32 Å². The number of hydrogen-bond acceptors (Lipinski definition) is 2. The second-order valence-electron chi connectivity index (χ2n) is 4.43. The predicted octanol–water partition coefficient (Wildman–Crippen LogP) is 3.41. The van der Waals surface area contributed by atoms with Crippen LogP contribution in [0.5, 0.6) is 0 Å². The Morgan fingerprint density at radius 2 is 2.21 bits per heavy atom. The minimum absolute atomic E-state index is 0.00225. The van der Waals surface area contributed by atoms with Gasteiger partial charge in [0.2, 0.25) is 0 Å². The van der Waals surface area contributed by atoms with Crippen LogP contribution in [0.1, 0.15) is 30.6 Å². The lowest BCUT2D eigenvalue weighted by molar-refractivity contribution is 0.550. The zero-order valence-corrected chi connectivity index (χ0v) is 12.6.